The van der Waals surface area contributed by atoms with Gasteiger partial charge in [0.2, 0.25) is 0 Å². The summed E-state index contributed by atoms with van der Waals surface area (Å²) in [7, 11) is 0. The molecule has 2 rings (SSSR count). The molecule has 21 heavy (non-hydrogen) atoms. The summed E-state index contributed by atoms with van der Waals surface area (Å²) in [5.74, 6) is 1.35. The Bertz CT molecular complexity index is 418. The fraction of sp³-hybridized carbons (Fsp3) is 0.800. The normalized spacial score (nSPS) is 38.4. The molecule has 0 saturated heterocycles. The molecular weight excluding hydrogens is 256 g/mol. The molecule has 1 N–H and O–H groups in total. The van der Waals surface area contributed by atoms with E-state index < -0.39 is 5.60 Å². The number of hydrogen-bond acceptors (Lipinski definition) is 1. The van der Waals surface area contributed by atoms with Crippen LogP contribution in [0.3, 0.4) is 0 Å². The maximum atomic E-state index is 10.3. The average molecular weight is 290 g/mol. The van der Waals surface area contributed by atoms with Crippen molar-refractivity contribution in [1.82, 2.24) is 0 Å². The molecule has 0 aromatic heterocycles. The summed E-state index contributed by atoms with van der Waals surface area (Å²) in [5, 5.41) is 10.3. The molecule has 120 valence electrons. The summed E-state index contributed by atoms with van der Waals surface area (Å²) in [4.78, 5) is 0. The Labute approximate surface area is 131 Å². The zero-order chi connectivity index (χ0) is 15.9. The Kier molecular flexibility index (Phi) is 4.46. The molecule has 2 aliphatic carbocycles. The second kappa shape index (κ2) is 5.57. The minimum absolute atomic E-state index is 0.369. The lowest BCUT2D eigenvalue weighted by Crippen LogP contribution is -2.49. The number of aliphatic hydroxyl groups is 1. The monoisotopic (exact) mass is 290 g/mol. The SMILES string of the molecule is C=CC(C)(O)CC[C@@H]1C(=C)CCC2C(C)(C)CCC[C@@]21C. The van der Waals surface area contributed by atoms with E-state index in [1.807, 2.05) is 6.92 Å². The van der Waals surface area contributed by atoms with Crippen molar-refractivity contribution in [2.45, 2.75) is 78.2 Å². The molecule has 2 aliphatic rings. The molecule has 4 atom stereocenters. The molecule has 2 fully saturated rings. The van der Waals surface area contributed by atoms with E-state index in [-0.39, 0.29) is 0 Å². The van der Waals surface area contributed by atoms with Gasteiger partial charge in [-0.2, -0.15) is 0 Å². The third-order valence-electron chi connectivity index (χ3n) is 6.70. The summed E-state index contributed by atoms with van der Waals surface area (Å²) in [6.45, 7) is 17.4. The van der Waals surface area contributed by atoms with Gasteiger partial charge in [0, 0.05) is 0 Å². The Morgan fingerprint density at radius 2 is 2.00 bits per heavy atom. The molecule has 0 heterocycles. The van der Waals surface area contributed by atoms with E-state index in [2.05, 4.69) is 33.9 Å². The van der Waals surface area contributed by atoms with Gasteiger partial charge >= 0.3 is 0 Å². The molecule has 0 aromatic rings. The Hall–Kier alpha value is -0.560. The van der Waals surface area contributed by atoms with Crippen molar-refractivity contribution in [2.75, 3.05) is 0 Å². The van der Waals surface area contributed by atoms with Crippen molar-refractivity contribution in [3.05, 3.63) is 24.8 Å². The van der Waals surface area contributed by atoms with Crippen LogP contribution in [-0.2, 0) is 0 Å². The summed E-state index contributed by atoms with van der Waals surface area (Å²) in [6, 6.07) is 0. The highest BCUT2D eigenvalue weighted by molar-refractivity contribution is 5.16. The molecular formula is C20H34O. The van der Waals surface area contributed by atoms with Gasteiger partial charge in [0.25, 0.3) is 0 Å². The van der Waals surface area contributed by atoms with Gasteiger partial charge in [-0.25, -0.2) is 0 Å². The third-order valence-corrected chi connectivity index (χ3v) is 6.70. The van der Waals surface area contributed by atoms with Crippen molar-refractivity contribution in [3.8, 4) is 0 Å². The first-order chi connectivity index (χ1) is 9.62. The maximum absolute atomic E-state index is 10.3. The van der Waals surface area contributed by atoms with Gasteiger partial charge in [-0.3, -0.25) is 0 Å². The van der Waals surface area contributed by atoms with Gasteiger partial charge in [0.05, 0.1) is 5.60 Å². The first-order valence-corrected chi connectivity index (χ1v) is 8.66. The zero-order valence-corrected chi connectivity index (χ0v) is 14.5. The van der Waals surface area contributed by atoms with E-state index in [0.29, 0.717) is 16.7 Å². The van der Waals surface area contributed by atoms with Crippen molar-refractivity contribution >= 4 is 0 Å². The van der Waals surface area contributed by atoms with Crippen LogP contribution < -0.4 is 0 Å². The van der Waals surface area contributed by atoms with Gasteiger partial charge < -0.3 is 5.11 Å². The van der Waals surface area contributed by atoms with Crippen LogP contribution in [-0.4, -0.2) is 10.7 Å². The van der Waals surface area contributed by atoms with Crippen LogP contribution in [0.4, 0.5) is 0 Å². The van der Waals surface area contributed by atoms with Crippen molar-refractivity contribution in [2.24, 2.45) is 22.7 Å². The highest BCUT2D eigenvalue weighted by atomic mass is 16.3. The third kappa shape index (κ3) is 3.13. The fourth-order valence-electron chi connectivity index (χ4n) is 5.35. The van der Waals surface area contributed by atoms with Crippen LogP contribution in [0.15, 0.2) is 24.8 Å². The lowest BCUT2D eigenvalue weighted by Gasteiger charge is -2.58. The van der Waals surface area contributed by atoms with E-state index in [0.717, 1.165) is 18.8 Å². The van der Waals surface area contributed by atoms with E-state index in [1.165, 1.54) is 37.7 Å². The molecule has 0 radical (unpaired) electrons. The van der Waals surface area contributed by atoms with Crippen LogP contribution in [0, 0.1) is 22.7 Å². The topological polar surface area (TPSA) is 20.2 Å². The molecule has 0 amide bonds. The second-order valence-corrected chi connectivity index (χ2v) is 8.75. The van der Waals surface area contributed by atoms with E-state index in [1.54, 1.807) is 6.08 Å². The number of allylic oxidation sites excluding steroid dienone is 1. The Morgan fingerprint density at radius 3 is 2.62 bits per heavy atom. The molecule has 0 bridgehead atoms. The van der Waals surface area contributed by atoms with Crippen molar-refractivity contribution in [1.29, 1.82) is 0 Å². The van der Waals surface area contributed by atoms with Crippen LogP contribution in [0.1, 0.15) is 72.6 Å². The Balaban J connectivity index is 2.21. The highest BCUT2D eigenvalue weighted by Gasteiger charge is 2.52. The van der Waals surface area contributed by atoms with Crippen molar-refractivity contribution in [3.63, 3.8) is 0 Å². The smallest absolute Gasteiger partial charge is 0.0797 e. The zero-order valence-electron chi connectivity index (χ0n) is 14.5. The first-order valence-electron chi connectivity index (χ1n) is 8.66. The molecule has 2 saturated carbocycles. The van der Waals surface area contributed by atoms with Gasteiger partial charge in [-0.15, -0.1) is 6.58 Å². The number of rotatable bonds is 4. The largest absolute Gasteiger partial charge is 0.386 e. The summed E-state index contributed by atoms with van der Waals surface area (Å²) >= 11 is 0. The van der Waals surface area contributed by atoms with Crippen LogP contribution >= 0.6 is 0 Å². The highest BCUT2D eigenvalue weighted by Crippen LogP contribution is 2.61. The van der Waals surface area contributed by atoms with Gasteiger partial charge in [0.15, 0.2) is 0 Å². The number of fused-ring (bicyclic) bond motifs is 1. The standard InChI is InChI=1S/C20H34O/c1-7-19(5,21)14-11-16-15(2)9-10-17-18(3,4)12-8-13-20(16,17)6/h7,16-17,21H,1-2,8-14H2,3-6H3/t16-,17?,19?,20-/m1/s1. The predicted molar refractivity (Wildman–Crippen MR) is 91.1 cm³/mol. The number of hydrogen-bond donors (Lipinski definition) is 1. The van der Waals surface area contributed by atoms with E-state index in [4.69, 9.17) is 0 Å². The lowest BCUT2D eigenvalue weighted by atomic mass is 9.47. The van der Waals surface area contributed by atoms with E-state index >= 15 is 0 Å². The molecule has 1 nitrogen and oxygen atoms in total. The Morgan fingerprint density at radius 1 is 1.33 bits per heavy atom. The summed E-state index contributed by atoms with van der Waals surface area (Å²) in [5.41, 5.74) is 1.50. The molecule has 0 aliphatic heterocycles. The predicted octanol–water partition coefficient (Wildman–Crippen LogP) is 5.50. The lowest BCUT2D eigenvalue weighted by molar-refractivity contribution is -0.0583. The maximum Gasteiger partial charge on any atom is 0.0797 e. The van der Waals surface area contributed by atoms with Crippen molar-refractivity contribution < 1.29 is 5.11 Å². The first kappa shape index (κ1) is 16.8. The van der Waals surface area contributed by atoms with Crippen LogP contribution in [0.25, 0.3) is 0 Å². The molecule has 0 aromatic carbocycles. The summed E-state index contributed by atoms with van der Waals surface area (Å²) in [6.07, 6.45) is 10.0. The average Bonchev–Trinajstić information content (AvgIpc) is 2.36. The second-order valence-electron chi connectivity index (χ2n) is 8.75. The van der Waals surface area contributed by atoms with Gasteiger partial charge in [-0.1, -0.05) is 45.4 Å². The van der Waals surface area contributed by atoms with E-state index in [9.17, 15) is 5.11 Å². The minimum atomic E-state index is -0.742. The van der Waals surface area contributed by atoms with Gasteiger partial charge in [0.1, 0.15) is 0 Å². The minimum Gasteiger partial charge on any atom is -0.386 e. The van der Waals surface area contributed by atoms with Crippen LogP contribution in [0.5, 0.6) is 0 Å². The fourth-order valence-corrected chi connectivity index (χ4v) is 5.35. The molecule has 1 heteroatoms. The molecule has 0 spiro atoms. The quantitative estimate of drug-likeness (QED) is 0.678. The molecule has 2 unspecified atom stereocenters. The summed E-state index contributed by atoms with van der Waals surface area (Å²) < 4.78 is 0. The van der Waals surface area contributed by atoms with Gasteiger partial charge in [-0.05, 0) is 68.1 Å². The van der Waals surface area contributed by atoms with Crippen LogP contribution in [0.2, 0.25) is 0 Å².